The number of carbonyl (C=O) groups excluding carboxylic acids is 6. The molecule has 0 radical (unpaired) electrons. The lowest BCUT2D eigenvalue weighted by molar-refractivity contribution is -0.124. The second kappa shape index (κ2) is 9.58. The van der Waals surface area contributed by atoms with Crippen LogP contribution in [0, 0.1) is 0 Å². The summed E-state index contributed by atoms with van der Waals surface area (Å²) in [5.74, 6) is -4.04. The first-order valence-electron chi connectivity index (χ1n) is 11.6. The maximum absolute atomic E-state index is 12.4. The molecule has 0 spiro atoms. The largest absolute Gasteiger partial charge is 0.507 e. The van der Waals surface area contributed by atoms with E-state index in [0.717, 1.165) is 0 Å². The van der Waals surface area contributed by atoms with E-state index in [1.54, 1.807) is 0 Å². The van der Waals surface area contributed by atoms with Crippen LogP contribution in [0.5, 0.6) is 11.5 Å². The summed E-state index contributed by atoms with van der Waals surface area (Å²) in [5.41, 5.74) is -0.362. The number of furan rings is 1. The van der Waals surface area contributed by atoms with Gasteiger partial charge >= 0.3 is 0 Å². The number of allylic oxidation sites excluding steroid dienone is 1. The summed E-state index contributed by atoms with van der Waals surface area (Å²) in [6.45, 7) is 2.59. The van der Waals surface area contributed by atoms with Crippen LogP contribution in [0.15, 0.2) is 46.1 Å². The van der Waals surface area contributed by atoms with E-state index in [4.69, 9.17) is 32.4 Å². The minimum atomic E-state index is -0.830. The van der Waals surface area contributed by atoms with Crippen LogP contribution in [0.2, 0.25) is 10.0 Å². The highest BCUT2D eigenvalue weighted by Crippen LogP contribution is 2.41. The Kier molecular flexibility index (Phi) is 6.48. The van der Waals surface area contributed by atoms with Crippen LogP contribution in [0.4, 0.5) is 0 Å². The van der Waals surface area contributed by atoms with Gasteiger partial charge in [-0.1, -0.05) is 23.2 Å². The van der Waals surface area contributed by atoms with Gasteiger partial charge in [0, 0.05) is 13.3 Å². The van der Waals surface area contributed by atoms with E-state index >= 15 is 0 Å². The zero-order valence-electron chi connectivity index (χ0n) is 20.6. The number of ether oxygens (including phenoxy) is 1. The van der Waals surface area contributed by atoms with E-state index in [0.29, 0.717) is 0 Å². The van der Waals surface area contributed by atoms with E-state index in [9.17, 15) is 39.0 Å². The van der Waals surface area contributed by atoms with Gasteiger partial charge < -0.3 is 19.4 Å². The van der Waals surface area contributed by atoms with Crippen LogP contribution < -0.4 is 0 Å². The molecule has 2 heterocycles. The standard InChI is InChI=1S/C14H9ClO5.C14H7ClO5/c2*1-5(16)9-4-6-12(18)11-8(17)3-2-7(15)10(11)13(19)14(6)20-9/h2-3,9,17H,4H2,1H3;2-4,17H,1H3. The third-order valence-corrected chi connectivity index (χ3v) is 7.19. The zero-order valence-corrected chi connectivity index (χ0v) is 22.1. The normalized spacial score (nSPS) is 16.9. The van der Waals surface area contributed by atoms with Crippen molar-refractivity contribution in [3.05, 3.63) is 91.0 Å². The van der Waals surface area contributed by atoms with Crippen LogP contribution in [0.1, 0.15) is 83.6 Å². The van der Waals surface area contributed by atoms with Crippen molar-refractivity contribution in [2.24, 2.45) is 0 Å². The molecular formula is C28H16Cl2O10. The van der Waals surface area contributed by atoms with Crippen molar-refractivity contribution < 1.29 is 48.1 Å². The van der Waals surface area contributed by atoms with E-state index < -0.39 is 35.0 Å². The summed E-state index contributed by atoms with van der Waals surface area (Å²) >= 11 is 11.9. The fraction of sp³-hybridized carbons (Fsp3) is 0.143. The SMILES string of the molecule is CC(=O)C1CC2=C(O1)C(=O)c1c(Cl)ccc(O)c1C2=O.CC(=O)c1cc2c(o1)C(=O)c1c(Cl)ccc(O)c1C2=O. The van der Waals surface area contributed by atoms with Crippen molar-refractivity contribution in [1.82, 2.24) is 0 Å². The Hall–Kier alpha value is -4.54. The van der Waals surface area contributed by atoms with Gasteiger partial charge in [-0.05, 0) is 37.3 Å². The average Bonchev–Trinajstić information content (AvgIpc) is 3.56. The number of aromatic hydroxyl groups is 2. The molecule has 2 N–H and O–H groups in total. The van der Waals surface area contributed by atoms with E-state index in [1.165, 1.54) is 44.2 Å². The van der Waals surface area contributed by atoms with Gasteiger partial charge in [0.25, 0.3) is 0 Å². The van der Waals surface area contributed by atoms with Crippen LogP contribution in [-0.2, 0) is 9.53 Å². The molecule has 0 saturated carbocycles. The Morgan fingerprint density at radius 3 is 1.90 bits per heavy atom. The first-order chi connectivity index (χ1) is 18.8. The Labute approximate surface area is 234 Å². The predicted octanol–water partition coefficient (Wildman–Crippen LogP) is 4.67. The molecule has 40 heavy (non-hydrogen) atoms. The molecule has 2 aliphatic carbocycles. The molecule has 1 atom stereocenters. The Morgan fingerprint density at radius 1 is 0.800 bits per heavy atom. The van der Waals surface area contributed by atoms with Crippen molar-refractivity contribution in [2.45, 2.75) is 26.4 Å². The number of phenols is 2. The molecule has 6 rings (SSSR count). The number of ketones is 6. The Balaban J connectivity index is 0.000000161. The summed E-state index contributed by atoms with van der Waals surface area (Å²) in [5, 5.41) is 19.7. The molecule has 0 amide bonds. The maximum atomic E-state index is 12.4. The molecule has 2 aromatic carbocycles. The zero-order chi connectivity index (χ0) is 29.2. The highest BCUT2D eigenvalue weighted by atomic mass is 35.5. The predicted molar refractivity (Wildman–Crippen MR) is 138 cm³/mol. The van der Waals surface area contributed by atoms with Crippen LogP contribution >= 0.6 is 23.2 Å². The van der Waals surface area contributed by atoms with Gasteiger partial charge in [-0.2, -0.15) is 0 Å². The summed E-state index contributed by atoms with van der Waals surface area (Å²) in [7, 11) is 0. The highest BCUT2D eigenvalue weighted by molar-refractivity contribution is 6.40. The molecule has 10 nitrogen and oxygen atoms in total. The molecule has 0 bridgehead atoms. The highest BCUT2D eigenvalue weighted by Gasteiger charge is 2.44. The smallest absolute Gasteiger partial charge is 0.231 e. The molecule has 3 aromatic rings. The number of fused-ring (bicyclic) bond motifs is 3. The van der Waals surface area contributed by atoms with Crippen molar-refractivity contribution in [1.29, 1.82) is 0 Å². The first-order valence-corrected chi connectivity index (χ1v) is 12.4. The van der Waals surface area contributed by atoms with Gasteiger partial charge in [-0.25, -0.2) is 0 Å². The molecule has 0 saturated heterocycles. The minimum Gasteiger partial charge on any atom is -0.507 e. The summed E-state index contributed by atoms with van der Waals surface area (Å²) in [4.78, 5) is 72.0. The number of benzene rings is 2. The van der Waals surface area contributed by atoms with Gasteiger partial charge in [0.05, 0.1) is 43.4 Å². The second-order valence-electron chi connectivity index (χ2n) is 9.09. The van der Waals surface area contributed by atoms with Crippen LogP contribution in [0.3, 0.4) is 0 Å². The van der Waals surface area contributed by atoms with Crippen molar-refractivity contribution in [2.75, 3.05) is 0 Å². The van der Waals surface area contributed by atoms with Crippen molar-refractivity contribution in [3.8, 4) is 11.5 Å². The Bertz CT molecular complexity index is 1660. The molecule has 3 aliphatic rings. The third-order valence-electron chi connectivity index (χ3n) is 6.56. The van der Waals surface area contributed by atoms with Gasteiger partial charge in [0.15, 0.2) is 40.7 Å². The Morgan fingerprint density at radius 2 is 1.35 bits per heavy atom. The number of rotatable bonds is 2. The number of phenolic OH excluding ortho intramolecular Hbond substituents is 2. The number of carbonyl (C=O) groups is 6. The number of halogens is 2. The summed E-state index contributed by atoms with van der Waals surface area (Å²) in [6.07, 6.45) is -0.788. The lowest BCUT2D eigenvalue weighted by Gasteiger charge is -2.17. The minimum absolute atomic E-state index is 0.0368. The van der Waals surface area contributed by atoms with Crippen LogP contribution in [0.25, 0.3) is 0 Å². The first kappa shape index (κ1) is 27.0. The second-order valence-corrected chi connectivity index (χ2v) is 9.90. The van der Waals surface area contributed by atoms with E-state index in [-0.39, 0.29) is 84.4 Å². The van der Waals surface area contributed by atoms with Gasteiger partial charge in [-0.3, -0.25) is 28.8 Å². The summed E-state index contributed by atoms with van der Waals surface area (Å²) in [6, 6.07) is 6.37. The summed E-state index contributed by atoms with van der Waals surface area (Å²) < 4.78 is 10.4. The number of hydrogen-bond donors (Lipinski definition) is 2. The molecule has 12 heteroatoms. The maximum Gasteiger partial charge on any atom is 0.231 e. The molecule has 1 unspecified atom stereocenters. The van der Waals surface area contributed by atoms with E-state index in [1.807, 2.05) is 0 Å². The van der Waals surface area contributed by atoms with Crippen LogP contribution in [-0.4, -0.2) is 51.0 Å². The van der Waals surface area contributed by atoms with E-state index in [2.05, 4.69) is 0 Å². The van der Waals surface area contributed by atoms with Crippen molar-refractivity contribution in [3.63, 3.8) is 0 Å². The number of hydrogen-bond acceptors (Lipinski definition) is 10. The van der Waals surface area contributed by atoms with Gasteiger partial charge in [0.1, 0.15) is 11.5 Å². The monoisotopic (exact) mass is 582 g/mol. The molecule has 202 valence electrons. The lowest BCUT2D eigenvalue weighted by Crippen LogP contribution is -2.21. The average molecular weight is 583 g/mol. The third kappa shape index (κ3) is 4.04. The van der Waals surface area contributed by atoms with Gasteiger partial charge in [0.2, 0.25) is 17.3 Å². The molecular weight excluding hydrogens is 567 g/mol. The fourth-order valence-corrected chi connectivity index (χ4v) is 5.08. The lowest BCUT2D eigenvalue weighted by atomic mass is 9.86. The van der Waals surface area contributed by atoms with Crippen molar-refractivity contribution >= 4 is 57.9 Å². The number of Topliss-reactive ketones (excluding diaryl/α,β-unsaturated/α-hetero) is 4. The quantitative estimate of drug-likeness (QED) is 0.317. The molecule has 0 fully saturated rings. The topological polar surface area (TPSA) is 165 Å². The van der Waals surface area contributed by atoms with Gasteiger partial charge in [-0.15, -0.1) is 0 Å². The molecule has 1 aromatic heterocycles. The fourth-order valence-electron chi connectivity index (χ4n) is 4.60. The molecule has 1 aliphatic heterocycles.